The molecule has 2 aromatic carbocycles. The molecule has 1 fully saturated rings. The summed E-state index contributed by atoms with van der Waals surface area (Å²) < 4.78 is 16.0. The molecule has 0 spiro atoms. The molecule has 4 heteroatoms. The molecule has 0 bridgehead atoms. The molecule has 2 atom stereocenters. The average molecular weight is 269 g/mol. The minimum absolute atomic E-state index is 0.0757. The van der Waals surface area contributed by atoms with Crippen LogP contribution in [-0.4, -0.2) is 19.1 Å². The average Bonchev–Trinajstić information content (AvgIpc) is 3.29. The van der Waals surface area contributed by atoms with Gasteiger partial charge in [-0.25, -0.2) is 0 Å². The lowest BCUT2D eigenvalue weighted by Gasteiger charge is -2.05. The molecule has 4 nitrogen and oxygen atoms in total. The van der Waals surface area contributed by atoms with Crippen LogP contribution in [0.3, 0.4) is 0 Å². The van der Waals surface area contributed by atoms with Gasteiger partial charge in [-0.05, 0) is 29.8 Å². The maximum Gasteiger partial charge on any atom is 0.213 e. The van der Waals surface area contributed by atoms with E-state index in [4.69, 9.17) is 19.6 Å². The van der Waals surface area contributed by atoms with Gasteiger partial charge in [0.25, 0.3) is 0 Å². The van der Waals surface area contributed by atoms with Crippen LogP contribution in [0, 0.1) is 5.41 Å². The Labute approximate surface area is 117 Å². The summed E-state index contributed by atoms with van der Waals surface area (Å²) in [5.41, 5.74) is 1.03. The normalized spacial score (nSPS) is 20.2. The Morgan fingerprint density at radius 1 is 1.00 bits per heavy atom. The van der Waals surface area contributed by atoms with Crippen LogP contribution in [0.5, 0.6) is 11.5 Å². The third kappa shape index (κ3) is 2.65. The van der Waals surface area contributed by atoms with Crippen LogP contribution in [-0.2, 0) is 9.47 Å². The van der Waals surface area contributed by atoms with E-state index in [1.165, 1.54) is 7.11 Å². The Bertz CT molecular complexity index is 595. The lowest BCUT2D eigenvalue weighted by Crippen LogP contribution is -2.08. The smallest absolute Gasteiger partial charge is 0.213 e. The Morgan fingerprint density at radius 3 is 2.30 bits per heavy atom. The van der Waals surface area contributed by atoms with Crippen LogP contribution < -0.4 is 4.74 Å². The molecule has 0 radical (unpaired) electrons. The minimum Gasteiger partial charge on any atom is -0.483 e. The van der Waals surface area contributed by atoms with Gasteiger partial charge in [0.05, 0.1) is 7.11 Å². The van der Waals surface area contributed by atoms with Gasteiger partial charge < -0.3 is 14.2 Å². The fourth-order valence-electron chi connectivity index (χ4n) is 2.03. The summed E-state index contributed by atoms with van der Waals surface area (Å²) in [6.45, 7) is 0. The molecule has 3 rings (SSSR count). The number of hydrogen-bond acceptors (Lipinski definition) is 4. The van der Waals surface area contributed by atoms with E-state index in [0.717, 1.165) is 17.1 Å². The number of para-hydroxylation sites is 1. The van der Waals surface area contributed by atoms with E-state index >= 15 is 0 Å². The molecule has 1 aliphatic rings. The number of methoxy groups -OCH3 is 1. The van der Waals surface area contributed by atoms with Gasteiger partial charge in [0.1, 0.15) is 17.6 Å². The SMILES string of the molecule is COC(=N)C1OC1c1ccc(Oc2ccccc2)cc1. The van der Waals surface area contributed by atoms with Crippen molar-refractivity contribution in [3.05, 3.63) is 60.2 Å². The number of rotatable bonds is 4. The molecule has 102 valence electrons. The molecule has 1 saturated heterocycles. The summed E-state index contributed by atoms with van der Waals surface area (Å²) in [4.78, 5) is 0. The van der Waals surface area contributed by atoms with Crippen molar-refractivity contribution in [2.45, 2.75) is 12.2 Å². The van der Waals surface area contributed by atoms with E-state index in [1.807, 2.05) is 54.6 Å². The molecule has 0 aromatic heterocycles. The third-order valence-electron chi connectivity index (χ3n) is 3.16. The van der Waals surface area contributed by atoms with Gasteiger partial charge in [-0.3, -0.25) is 5.41 Å². The molecule has 1 N–H and O–H groups in total. The molecule has 0 amide bonds. The molecule has 2 aromatic rings. The lowest BCUT2D eigenvalue weighted by molar-refractivity contribution is 0.344. The lowest BCUT2D eigenvalue weighted by atomic mass is 10.1. The molecule has 20 heavy (non-hydrogen) atoms. The van der Waals surface area contributed by atoms with Gasteiger partial charge in [-0.15, -0.1) is 0 Å². The quantitative estimate of drug-likeness (QED) is 0.524. The molecular formula is C16H15NO3. The van der Waals surface area contributed by atoms with Crippen LogP contribution in [0.4, 0.5) is 0 Å². The van der Waals surface area contributed by atoms with Crippen molar-refractivity contribution in [3.8, 4) is 11.5 Å². The second kappa shape index (κ2) is 5.35. The van der Waals surface area contributed by atoms with Crippen molar-refractivity contribution in [2.24, 2.45) is 0 Å². The zero-order valence-electron chi connectivity index (χ0n) is 11.1. The Hall–Kier alpha value is -2.33. The van der Waals surface area contributed by atoms with Gasteiger partial charge in [0.2, 0.25) is 5.90 Å². The fourth-order valence-corrected chi connectivity index (χ4v) is 2.03. The van der Waals surface area contributed by atoms with Gasteiger partial charge >= 0.3 is 0 Å². The fraction of sp³-hybridized carbons (Fsp3) is 0.188. The topological polar surface area (TPSA) is 54.8 Å². The second-order valence-electron chi connectivity index (χ2n) is 4.53. The summed E-state index contributed by atoms with van der Waals surface area (Å²) in [7, 11) is 1.48. The summed E-state index contributed by atoms with van der Waals surface area (Å²) in [6, 6.07) is 17.3. The van der Waals surface area contributed by atoms with Crippen LogP contribution >= 0.6 is 0 Å². The molecule has 0 saturated carbocycles. The molecule has 1 heterocycles. The monoisotopic (exact) mass is 269 g/mol. The van der Waals surface area contributed by atoms with Crippen LogP contribution in [0.15, 0.2) is 54.6 Å². The van der Waals surface area contributed by atoms with E-state index < -0.39 is 0 Å². The number of ether oxygens (including phenoxy) is 3. The first kappa shape index (κ1) is 12.7. The Balaban J connectivity index is 1.65. The van der Waals surface area contributed by atoms with Crippen molar-refractivity contribution in [2.75, 3.05) is 7.11 Å². The van der Waals surface area contributed by atoms with E-state index in [9.17, 15) is 0 Å². The van der Waals surface area contributed by atoms with E-state index in [2.05, 4.69) is 0 Å². The highest BCUT2D eigenvalue weighted by Crippen LogP contribution is 2.40. The standard InChI is InChI=1S/C16H15NO3/c1-18-16(17)15-14(20-15)11-7-9-13(10-8-11)19-12-5-3-2-4-6-12/h2-10,14-15,17H,1H3. The van der Waals surface area contributed by atoms with Gasteiger partial charge in [0.15, 0.2) is 6.10 Å². The number of benzene rings is 2. The number of nitrogens with one attached hydrogen (secondary N) is 1. The first-order chi connectivity index (χ1) is 9.78. The van der Waals surface area contributed by atoms with E-state index in [1.54, 1.807) is 0 Å². The maximum absolute atomic E-state index is 7.55. The third-order valence-corrected chi connectivity index (χ3v) is 3.16. The van der Waals surface area contributed by atoms with Gasteiger partial charge in [0, 0.05) is 0 Å². The maximum atomic E-state index is 7.55. The van der Waals surface area contributed by atoms with Crippen molar-refractivity contribution in [3.63, 3.8) is 0 Å². The Morgan fingerprint density at radius 2 is 1.65 bits per heavy atom. The van der Waals surface area contributed by atoms with Crippen molar-refractivity contribution >= 4 is 5.90 Å². The predicted molar refractivity (Wildman–Crippen MR) is 75.3 cm³/mol. The summed E-state index contributed by atoms with van der Waals surface area (Å²) in [5.74, 6) is 1.75. The zero-order valence-corrected chi connectivity index (χ0v) is 11.1. The first-order valence-electron chi connectivity index (χ1n) is 6.38. The number of epoxide rings is 1. The highest BCUT2D eigenvalue weighted by atomic mass is 16.6. The second-order valence-corrected chi connectivity index (χ2v) is 4.53. The van der Waals surface area contributed by atoms with Crippen molar-refractivity contribution < 1.29 is 14.2 Å². The first-order valence-corrected chi connectivity index (χ1v) is 6.38. The predicted octanol–water partition coefficient (Wildman–Crippen LogP) is 3.54. The van der Waals surface area contributed by atoms with Crippen LogP contribution in [0.1, 0.15) is 11.7 Å². The molecule has 0 aliphatic carbocycles. The zero-order chi connectivity index (χ0) is 13.9. The molecule has 1 aliphatic heterocycles. The highest BCUT2D eigenvalue weighted by Gasteiger charge is 2.44. The van der Waals surface area contributed by atoms with Gasteiger partial charge in [-0.1, -0.05) is 30.3 Å². The minimum atomic E-state index is -0.249. The van der Waals surface area contributed by atoms with E-state index in [0.29, 0.717) is 0 Å². The van der Waals surface area contributed by atoms with Crippen molar-refractivity contribution in [1.29, 1.82) is 5.41 Å². The largest absolute Gasteiger partial charge is 0.483 e. The number of hydrogen-bond donors (Lipinski definition) is 1. The van der Waals surface area contributed by atoms with Gasteiger partial charge in [-0.2, -0.15) is 0 Å². The van der Waals surface area contributed by atoms with Crippen molar-refractivity contribution in [1.82, 2.24) is 0 Å². The summed E-state index contributed by atoms with van der Waals surface area (Å²) in [5, 5.41) is 7.55. The molecule has 2 unspecified atom stereocenters. The van der Waals surface area contributed by atoms with Crippen LogP contribution in [0.2, 0.25) is 0 Å². The summed E-state index contributed by atoms with van der Waals surface area (Å²) in [6.07, 6.45) is -0.325. The van der Waals surface area contributed by atoms with Crippen LogP contribution in [0.25, 0.3) is 0 Å². The highest BCUT2D eigenvalue weighted by molar-refractivity contribution is 5.81. The Kier molecular flexibility index (Phi) is 3.39. The van der Waals surface area contributed by atoms with E-state index in [-0.39, 0.29) is 18.1 Å². The molecular weight excluding hydrogens is 254 g/mol. The summed E-state index contributed by atoms with van der Waals surface area (Å²) >= 11 is 0.